The summed E-state index contributed by atoms with van der Waals surface area (Å²) in [6.07, 6.45) is 3.74. The van der Waals surface area contributed by atoms with Crippen molar-refractivity contribution in [1.82, 2.24) is 15.1 Å². The van der Waals surface area contributed by atoms with Crippen molar-refractivity contribution in [3.8, 4) is 0 Å². The highest BCUT2D eigenvalue weighted by Gasteiger charge is 2.33. The maximum Gasteiger partial charge on any atom is 0.251 e. The lowest BCUT2D eigenvalue weighted by Crippen LogP contribution is -2.50. The van der Waals surface area contributed by atoms with Crippen LogP contribution < -0.4 is 5.32 Å². The Morgan fingerprint density at radius 3 is 2.79 bits per heavy atom. The Hall–Kier alpha value is -2.41. The lowest BCUT2D eigenvalue weighted by atomic mass is 9.95. The Morgan fingerprint density at radius 2 is 2.03 bits per heavy atom. The van der Waals surface area contributed by atoms with Crippen molar-refractivity contribution in [2.75, 3.05) is 26.2 Å². The van der Waals surface area contributed by atoms with Gasteiger partial charge in [0, 0.05) is 44.2 Å². The van der Waals surface area contributed by atoms with Crippen molar-refractivity contribution >= 4 is 17.7 Å². The number of piperidine rings is 1. The number of carbonyl (C=O) groups excluding carboxylic acids is 3. The summed E-state index contributed by atoms with van der Waals surface area (Å²) >= 11 is 0. The van der Waals surface area contributed by atoms with Crippen LogP contribution in [0.2, 0.25) is 0 Å². The normalized spacial score (nSPS) is 22.9. The van der Waals surface area contributed by atoms with E-state index < -0.39 is 0 Å². The van der Waals surface area contributed by atoms with Crippen molar-refractivity contribution in [3.05, 3.63) is 35.4 Å². The third kappa shape index (κ3) is 5.35. The molecule has 1 unspecified atom stereocenters. The van der Waals surface area contributed by atoms with E-state index in [1.165, 1.54) is 0 Å². The van der Waals surface area contributed by atoms with Gasteiger partial charge in [-0.3, -0.25) is 14.4 Å². The van der Waals surface area contributed by atoms with Crippen molar-refractivity contribution < 1.29 is 19.5 Å². The molecule has 2 saturated heterocycles. The van der Waals surface area contributed by atoms with Gasteiger partial charge in [0.2, 0.25) is 11.8 Å². The fraction of sp³-hybridized carbons (Fsp3) is 0.591. The van der Waals surface area contributed by atoms with Crippen molar-refractivity contribution in [2.24, 2.45) is 5.92 Å². The SMILES string of the molecule is CCN1CC(C(=O)N2CCCC[C@H](NC(=O)c3cccc(CO)c3)C2)CCC1=O. The molecule has 0 bridgehead atoms. The first-order valence-corrected chi connectivity index (χ1v) is 10.6. The summed E-state index contributed by atoms with van der Waals surface area (Å²) in [5.41, 5.74) is 1.21. The summed E-state index contributed by atoms with van der Waals surface area (Å²) in [6, 6.07) is 6.85. The monoisotopic (exact) mass is 401 g/mol. The van der Waals surface area contributed by atoms with Crippen LogP contribution in [0.1, 0.15) is 54.9 Å². The van der Waals surface area contributed by atoms with Gasteiger partial charge in [0.05, 0.1) is 12.5 Å². The maximum atomic E-state index is 13.1. The fourth-order valence-electron chi connectivity index (χ4n) is 4.22. The van der Waals surface area contributed by atoms with E-state index >= 15 is 0 Å². The predicted molar refractivity (Wildman–Crippen MR) is 109 cm³/mol. The number of hydrogen-bond acceptors (Lipinski definition) is 4. The molecule has 7 heteroatoms. The summed E-state index contributed by atoms with van der Waals surface area (Å²) in [5, 5.41) is 12.3. The van der Waals surface area contributed by atoms with Gasteiger partial charge < -0.3 is 20.2 Å². The van der Waals surface area contributed by atoms with Crippen molar-refractivity contribution in [2.45, 2.75) is 51.7 Å². The van der Waals surface area contributed by atoms with Crippen LogP contribution in [-0.4, -0.2) is 64.8 Å². The topological polar surface area (TPSA) is 90.0 Å². The summed E-state index contributed by atoms with van der Waals surface area (Å²) < 4.78 is 0. The van der Waals surface area contributed by atoms with E-state index in [-0.39, 0.29) is 36.3 Å². The number of aliphatic hydroxyl groups excluding tert-OH is 1. The average molecular weight is 402 g/mol. The molecule has 2 atom stereocenters. The largest absolute Gasteiger partial charge is 0.392 e. The van der Waals surface area contributed by atoms with Crippen molar-refractivity contribution in [3.63, 3.8) is 0 Å². The van der Waals surface area contributed by atoms with Gasteiger partial charge in [-0.1, -0.05) is 12.1 Å². The molecule has 1 aromatic carbocycles. The van der Waals surface area contributed by atoms with E-state index in [0.29, 0.717) is 50.1 Å². The average Bonchev–Trinajstić information content (AvgIpc) is 2.99. The minimum atomic E-state index is -0.181. The number of amides is 3. The van der Waals surface area contributed by atoms with Gasteiger partial charge in [0.15, 0.2) is 0 Å². The first-order valence-electron chi connectivity index (χ1n) is 10.6. The minimum Gasteiger partial charge on any atom is -0.392 e. The molecule has 0 aliphatic carbocycles. The zero-order valence-electron chi connectivity index (χ0n) is 17.1. The molecule has 3 rings (SSSR count). The highest BCUT2D eigenvalue weighted by molar-refractivity contribution is 5.94. The smallest absolute Gasteiger partial charge is 0.251 e. The molecule has 2 fully saturated rings. The Labute approximate surface area is 172 Å². The fourth-order valence-corrected chi connectivity index (χ4v) is 4.22. The molecule has 2 aliphatic heterocycles. The van der Waals surface area contributed by atoms with E-state index in [1.54, 1.807) is 29.2 Å². The van der Waals surface area contributed by atoms with E-state index in [9.17, 15) is 19.5 Å². The first-order chi connectivity index (χ1) is 14.0. The molecule has 3 amide bonds. The van der Waals surface area contributed by atoms with Crippen LogP contribution in [0.3, 0.4) is 0 Å². The molecule has 0 radical (unpaired) electrons. The molecule has 0 spiro atoms. The number of benzene rings is 1. The molecule has 1 aromatic rings. The molecule has 158 valence electrons. The van der Waals surface area contributed by atoms with E-state index in [0.717, 1.165) is 19.3 Å². The lowest BCUT2D eigenvalue weighted by molar-refractivity contribution is -0.143. The number of aliphatic hydroxyl groups is 1. The molecule has 29 heavy (non-hydrogen) atoms. The van der Waals surface area contributed by atoms with Gasteiger partial charge >= 0.3 is 0 Å². The van der Waals surface area contributed by atoms with E-state index in [2.05, 4.69) is 5.32 Å². The molecule has 0 aromatic heterocycles. The van der Waals surface area contributed by atoms with Gasteiger partial charge in [-0.25, -0.2) is 0 Å². The standard InChI is InChI=1S/C22H31N3O4/c1-2-24-13-18(9-10-20(24)27)22(29)25-11-4-3-8-19(14-25)23-21(28)17-7-5-6-16(12-17)15-26/h5-7,12,18-19,26H,2-4,8-11,13-15H2,1H3,(H,23,28)/t18?,19-/m0/s1. The second-order valence-corrected chi connectivity index (χ2v) is 7.98. The van der Waals surface area contributed by atoms with E-state index in [1.807, 2.05) is 11.8 Å². The third-order valence-electron chi connectivity index (χ3n) is 5.92. The number of carbonyl (C=O) groups is 3. The minimum absolute atomic E-state index is 0.0966. The molecule has 2 heterocycles. The van der Waals surface area contributed by atoms with Crippen LogP contribution >= 0.6 is 0 Å². The summed E-state index contributed by atoms with van der Waals surface area (Å²) in [5.74, 6) is -0.106. The highest BCUT2D eigenvalue weighted by Crippen LogP contribution is 2.22. The van der Waals surface area contributed by atoms with Gasteiger partial charge in [-0.05, 0) is 50.3 Å². The van der Waals surface area contributed by atoms with E-state index in [4.69, 9.17) is 0 Å². The summed E-state index contributed by atoms with van der Waals surface area (Å²) in [7, 11) is 0. The van der Waals surface area contributed by atoms with Gasteiger partial charge in [-0.15, -0.1) is 0 Å². The molecule has 7 nitrogen and oxygen atoms in total. The number of hydrogen-bond donors (Lipinski definition) is 2. The number of nitrogens with zero attached hydrogens (tertiary/aromatic N) is 2. The number of rotatable bonds is 5. The first kappa shape index (κ1) is 21.3. The van der Waals surface area contributed by atoms with Gasteiger partial charge in [-0.2, -0.15) is 0 Å². The number of likely N-dealkylation sites (tertiary alicyclic amines) is 2. The Bertz CT molecular complexity index is 751. The molecule has 0 saturated carbocycles. The van der Waals surface area contributed by atoms with Crippen LogP contribution in [0.15, 0.2) is 24.3 Å². The Kier molecular flexibility index (Phi) is 7.25. The van der Waals surface area contributed by atoms with Crippen molar-refractivity contribution in [1.29, 1.82) is 0 Å². The molecule has 2 aliphatic rings. The molecular weight excluding hydrogens is 370 g/mol. The lowest BCUT2D eigenvalue weighted by Gasteiger charge is -2.35. The summed E-state index contributed by atoms with van der Waals surface area (Å²) in [4.78, 5) is 41.3. The maximum absolute atomic E-state index is 13.1. The second kappa shape index (κ2) is 9.87. The van der Waals surface area contributed by atoms with Crippen LogP contribution in [-0.2, 0) is 16.2 Å². The van der Waals surface area contributed by atoms with Gasteiger partial charge in [0.25, 0.3) is 5.91 Å². The zero-order chi connectivity index (χ0) is 20.8. The zero-order valence-corrected chi connectivity index (χ0v) is 17.1. The summed E-state index contributed by atoms with van der Waals surface area (Å²) in [6.45, 7) is 4.16. The van der Waals surface area contributed by atoms with Crippen LogP contribution in [0.5, 0.6) is 0 Å². The Balaban J connectivity index is 1.62. The predicted octanol–water partition coefficient (Wildman–Crippen LogP) is 1.55. The van der Waals surface area contributed by atoms with Crippen LogP contribution in [0.4, 0.5) is 0 Å². The van der Waals surface area contributed by atoms with Gasteiger partial charge in [0.1, 0.15) is 0 Å². The van der Waals surface area contributed by atoms with Crippen LogP contribution in [0, 0.1) is 5.92 Å². The Morgan fingerprint density at radius 1 is 1.21 bits per heavy atom. The quantitative estimate of drug-likeness (QED) is 0.783. The van der Waals surface area contributed by atoms with Crippen LogP contribution in [0.25, 0.3) is 0 Å². The highest BCUT2D eigenvalue weighted by atomic mass is 16.3. The molecular formula is C22H31N3O4. The molecule has 2 N–H and O–H groups in total. The second-order valence-electron chi connectivity index (χ2n) is 7.98. The number of nitrogens with one attached hydrogen (secondary N) is 1. The third-order valence-corrected chi connectivity index (χ3v) is 5.92.